The quantitative estimate of drug-likeness (QED) is 0.666. The van der Waals surface area contributed by atoms with Crippen LogP contribution in [-0.4, -0.2) is 38.3 Å². The second-order valence-corrected chi connectivity index (χ2v) is 9.70. The Balaban J connectivity index is 1.64. The lowest BCUT2D eigenvalue weighted by Crippen LogP contribution is -2.25. The predicted octanol–water partition coefficient (Wildman–Crippen LogP) is 3.63. The van der Waals surface area contributed by atoms with Gasteiger partial charge in [0.15, 0.2) is 9.84 Å². The molecule has 7 nitrogen and oxygen atoms in total. The molecule has 1 aliphatic rings. The fourth-order valence-electron chi connectivity index (χ4n) is 3.55. The topological polar surface area (TPSA) is 102 Å². The highest BCUT2D eigenvalue weighted by molar-refractivity contribution is 7.92. The van der Waals surface area contributed by atoms with Gasteiger partial charge in [-0.15, -0.1) is 0 Å². The van der Waals surface area contributed by atoms with E-state index in [9.17, 15) is 18.0 Å². The van der Waals surface area contributed by atoms with Gasteiger partial charge in [0, 0.05) is 18.2 Å². The van der Waals surface area contributed by atoms with E-state index < -0.39 is 21.7 Å². The number of benzene rings is 2. The van der Waals surface area contributed by atoms with Crippen LogP contribution in [0.25, 0.3) is 0 Å². The van der Waals surface area contributed by atoms with E-state index in [1.54, 1.807) is 55.6 Å². The lowest BCUT2D eigenvalue weighted by Gasteiger charge is -2.13. The van der Waals surface area contributed by atoms with Gasteiger partial charge in [-0.25, -0.2) is 8.42 Å². The molecule has 2 aromatic carbocycles. The van der Waals surface area contributed by atoms with E-state index in [4.69, 9.17) is 4.74 Å². The summed E-state index contributed by atoms with van der Waals surface area (Å²) in [7, 11) is -1.73. The SMILES string of the molecule is COc1cccc(NC(=O)c2ccccc2NC(=O)CCS(=O)(=O)C2CCCC2)c1. The molecule has 2 aromatic rings. The average molecular weight is 431 g/mol. The molecule has 1 fully saturated rings. The molecule has 0 aromatic heterocycles. The fourth-order valence-corrected chi connectivity index (χ4v) is 5.41. The van der Waals surface area contributed by atoms with Crippen LogP contribution in [0.15, 0.2) is 48.5 Å². The molecule has 0 saturated heterocycles. The molecule has 0 heterocycles. The van der Waals surface area contributed by atoms with Crippen molar-refractivity contribution in [3.8, 4) is 5.75 Å². The molecular formula is C22H26N2O5S. The maximum absolute atomic E-state index is 12.7. The number of para-hydroxylation sites is 1. The average Bonchev–Trinajstić information content (AvgIpc) is 3.29. The maximum Gasteiger partial charge on any atom is 0.257 e. The van der Waals surface area contributed by atoms with E-state index in [0.717, 1.165) is 12.8 Å². The number of anilines is 2. The summed E-state index contributed by atoms with van der Waals surface area (Å²) in [5.41, 5.74) is 1.18. The van der Waals surface area contributed by atoms with E-state index in [-0.39, 0.29) is 23.0 Å². The van der Waals surface area contributed by atoms with E-state index in [1.165, 1.54) is 0 Å². The third kappa shape index (κ3) is 5.60. The summed E-state index contributed by atoms with van der Waals surface area (Å²) in [6.45, 7) is 0. The zero-order chi connectivity index (χ0) is 21.6. The minimum Gasteiger partial charge on any atom is -0.497 e. The lowest BCUT2D eigenvalue weighted by atomic mass is 10.1. The second-order valence-electron chi connectivity index (χ2n) is 7.30. The molecule has 3 rings (SSSR count). The molecule has 2 amide bonds. The second kappa shape index (κ2) is 9.75. The summed E-state index contributed by atoms with van der Waals surface area (Å²) in [4.78, 5) is 25.1. The normalized spacial score (nSPS) is 14.3. The summed E-state index contributed by atoms with van der Waals surface area (Å²) in [5.74, 6) is -0.393. The monoisotopic (exact) mass is 430 g/mol. The van der Waals surface area contributed by atoms with E-state index in [1.807, 2.05) is 0 Å². The predicted molar refractivity (Wildman–Crippen MR) is 117 cm³/mol. The Morgan fingerprint density at radius 1 is 1.03 bits per heavy atom. The van der Waals surface area contributed by atoms with Gasteiger partial charge in [-0.05, 0) is 37.1 Å². The zero-order valence-corrected chi connectivity index (χ0v) is 17.7. The van der Waals surface area contributed by atoms with Gasteiger partial charge in [-0.3, -0.25) is 9.59 Å². The van der Waals surface area contributed by atoms with Crippen molar-refractivity contribution >= 4 is 33.0 Å². The molecule has 1 aliphatic carbocycles. The molecule has 0 radical (unpaired) electrons. The van der Waals surface area contributed by atoms with Gasteiger partial charge in [0.1, 0.15) is 5.75 Å². The van der Waals surface area contributed by atoms with Gasteiger partial charge < -0.3 is 15.4 Å². The third-order valence-corrected chi connectivity index (χ3v) is 7.46. The Labute approximate surface area is 176 Å². The first-order chi connectivity index (χ1) is 14.4. The first kappa shape index (κ1) is 21.8. The van der Waals surface area contributed by atoms with Crippen molar-refractivity contribution in [2.75, 3.05) is 23.5 Å². The van der Waals surface area contributed by atoms with Crippen molar-refractivity contribution in [1.82, 2.24) is 0 Å². The van der Waals surface area contributed by atoms with Crippen molar-refractivity contribution in [3.05, 3.63) is 54.1 Å². The van der Waals surface area contributed by atoms with Crippen LogP contribution in [0.4, 0.5) is 11.4 Å². The van der Waals surface area contributed by atoms with E-state index >= 15 is 0 Å². The zero-order valence-electron chi connectivity index (χ0n) is 16.9. The first-order valence-corrected chi connectivity index (χ1v) is 11.7. The summed E-state index contributed by atoms with van der Waals surface area (Å²) in [5, 5.41) is 5.12. The number of carbonyl (C=O) groups excluding carboxylic acids is 2. The molecule has 160 valence electrons. The lowest BCUT2D eigenvalue weighted by molar-refractivity contribution is -0.115. The van der Waals surface area contributed by atoms with Gasteiger partial charge in [0.2, 0.25) is 5.91 Å². The first-order valence-electron chi connectivity index (χ1n) is 9.95. The molecule has 8 heteroatoms. The van der Waals surface area contributed by atoms with Crippen molar-refractivity contribution < 1.29 is 22.7 Å². The van der Waals surface area contributed by atoms with Crippen molar-refractivity contribution in [2.24, 2.45) is 0 Å². The minimum absolute atomic E-state index is 0.134. The van der Waals surface area contributed by atoms with Crippen LogP contribution in [0.3, 0.4) is 0 Å². The highest BCUT2D eigenvalue weighted by atomic mass is 32.2. The molecule has 1 saturated carbocycles. The third-order valence-electron chi connectivity index (χ3n) is 5.20. The smallest absolute Gasteiger partial charge is 0.257 e. The summed E-state index contributed by atoms with van der Waals surface area (Å²) in [6, 6.07) is 13.6. The molecule has 0 aliphatic heterocycles. The molecule has 30 heavy (non-hydrogen) atoms. The number of amides is 2. The van der Waals surface area contributed by atoms with Crippen LogP contribution in [0.5, 0.6) is 5.75 Å². The minimum atomic E-state index is -3.27. The van der Waals surface area contributed by atoms with E-state index in [0.29, 0.717) is 30.0 Å². The Bertz CT molecular complexity index is 1010. The number of carbonyl (C=O) groups is 2. The van der Waals surface area contributed by atoms with Crippen LogP contribution < -0.4 is 15.4 Å². The largest absolute Gasteiger partial charge is 0.497 e. The number of nitrogens with one attached hydrogen (secondary N) is 2. The van der Waals surface area contributed by atoms with Gasteiger partial charge in [-0.2, -0.15) is 0 Å². The van der Waals surface area contributed by atoms with Gasteiger partial charge in [-0.1, -0.05) is 31.0 Å². The molecule has 2 N–H and O–H groups in total. The van der Waals surface area contributed by atoms with Crippen LogP contribution in [0.2, 0.25) is 0 Å². The Kier molecular flexibility index (Phi) is 7.10. The van der Waals surface area contributed by atoms with Gasteiger partial charge in [0.05, 0.1) is 29.4 Å². The molecule has 0 unspecified atom stereocenters. The molecular weight excluding hydrogens is 404 g/mol. The molecule has 0 spiro atoms. The van der Waals surface area contributed by atoms with Crippen molar-refractivity contribution in [2.45, 2.75) is 37.4 Å². The summed E-state index contributed by atoms with van der Waals surface area (Å²) < 4.78 is 29.9. The van der Waals surface area contributed by atoms with Crippen LogP contribution >= 0.6 is 0 Å². The van der Waals surface area contributed by atoms with E-state index in [2.05, 4.69) is 10.6 Å². The number of hydrogen-bond acceptors (Lipinski definition) is 5. The summed E-state index contributed by atoms with van der Waals surface area (Å²) in [6.07, 6.45) is 3.07. The standard InChI is InChI=1S/C22H26N2O5S/c1-29-17-8-6-7-16(15-17)23-22(26)19-11-4-5-12-20(19)24-21(25)13-14-30(27,28)18-9-2-3-10-18/h4-8,11-12,15,18H,2-3,9-10,13-14H2,1H3,(H,23,26)(H,24,25). The van der Waals surface area contributed by atoms with Crippen molar-refractivity contribution in [1.29, 1.82) is 0 Å². The van der Waals surface area contributed by atoms with Gasteiger partial charge >= 0.3 is 0 Å². The van der Waals surface area contributed by atoms with Crippen LogP contribution in [0.1, 0.15) is 42.5 Å². The Morgan fingerprint density at radius 2 is 1.77 bits per heavy atom. The fraction of sp³-hybridized carbons (Fsp3) is 0.364. The number of methoxy groups -OCH3 is 1. The number of rotatable bonds is 8. The number of ether oxygens (including phenoxy) is 1. The molecule has 0 atom stereocenters. The Hall–Kier alpha value is -2.87. The highest BCUT2D eigenvalue weighted by Crippen LogP contribution is 2.26. The Morgan fingerprint density at radius 3 is 2.50 bits per heavy atom. The van der Waals surface area contributed by atoms with Crippen LogP contribution in [0, 0.1) is 0 Å². The van der Waals surface area contributed by atoms with Crippen molar-refractivity contribution in [3.63, 3.8) is 0 Å². The number of hydrogen-bond donors (Lipinski definition) is 2. The van der Waals surface area contributed by atoms with Gasteiger partial charge in [0.25, 0.3) is 5.91 Å². The molecule has 0 bridgehead atoms. The summed E-state index contributed by atoms with van der Waals surface area (Å²) >= 11 is 0. The number of sulfone groups is 1. The highest BCUT2D eigenvalue weighted by Gasteiger charge is 2.29. The maximum atomic E-state index is 12.7. The van der Waals surface area contributed by atoms with Crippen LogP contribution in [-0.2, 0) is 14.6 Å².